The third-order valence-corrected chi connectivity index (χ3v) is 9.42. The van der Waals surface area contributed by atoms with Crippen molar-refractivity contribution in [3.05, 3.63) is 203 Å². The monoisotopic (exact) mass is 678 g/mol. The van der Waals surface area contributed by atoms with Gasteiger partial charge in [0.05, 0.1) is 0 Å². The molecule has 0 radical (unpaired) electrons. The van der Waals surface area contributed by atoms with E-state index < -0.39 is 0 Å². The Labute approximate surface area is 313 Å². The van der Waals surface area contributed by atoms with Gasteiger partial charge in [0.15, 0.2) is 0 Å². The molecule has 0 saturated heterocycles. The maximum absolute atomic E-state index is 2.34. The third-order valence-electron chi connectivity index (χ3n) is 9.42. The highest BCUT2D eigenvalue weighted by atomic mass is 14.2. The van der Waals surface area contributed by atoms with Crippen LogP contribution in [0.15, 0.2) is 164 Å². The first kappa shape index (κ1) is 37.8. The van der Waals surface area contributed by atoms with Crippen molar-refractivity contribution in [3.63, 3.8) is 0 Å². The molecule has 0 aliphatic heterocycles. The lowest BCUT2D eigenvalue weighted by molar-refractivity contribution is 0.590. The van der Waals surface area contributed by atoms with Crippen molar-refractivity contribution >= 4 is 0 Å². The highest BCUT2D eigenvalue weighted by molar-refractivity contribution is 5.75. The molecule has 0 N–H and O–H groups in total. The quantitative estimate of drug-likeness (QED) is 0.174. The van der Waals surface area contributed by atoms with Crippen molar-refractivity contribution in [3.8, 4) is 44.5 Å². The molecule has 262 valence electrons. The molecule has 0 bridgehead atoms. The Kier molecular flexibility index (Phi) is 12.5. The SMILES string of the molecule is Cc1ccc(-c2cc(-c3ccc(C)cc3)cc(C(C)(C)C)c2)cc1.Cc1ccc(-c2cccc(-c3ccc(C)cc3)c2)cc1.Cc1ccc(C)cc1. The molecular formula is C52H54. The molecule has 0 aliphatic carbocycles. The maximum Gasteiger partial charge on any atom is -0.0131 e. The van der Waals surface area contributed by atoms with Crippen LogP contribution < -0.4 is 0 Å². The largest absolute Gasteiger partial charge is 0.0610 e. The molecule has 0 unspecified atom stereocenters. The zero-order valence-corrected chi connectivity index (χ0v) is 32.6. The molecule has 0 fully saturated rings. The first-order valence-electron chi connectivity index (χ1n) is 18.4. The van der Waals surface area contributed by atoms with Crippen molar-refractivity contribution < 1.29 is 0 Å². The average molecular weight is 679 g/mol. The first-order valence-corrected chi connectivity index (χ1v) is 18.4. The number of benzene rings is 7. The second kappa shape index (κ2) is 17.2. The van der Waals surface area contributed by atoms with Gasteiger partial charge < -0.3 is 0 Å². The van der Waals surface area contributed by atoms with Crippen LogP contribution in [0, 0.1) is 41.5 Å². The van der Waals surface area contributed by atoms with E-state index >= 15 is 0 Å². The van der Waals surface area contributed by atoms with Crippen LogP contribution in [0.3, 0.4) is 0 Å². The van der Waals surface area contributed by atoms with Gasteiger partial charge in [-0.05, 0) is 109 Å². The van der Waals surface area contributed by atoms with Gasteiger partial charge in [0.25, 0.3) is 0 Å². The van der Waals surface area contributed by atoms with Gasteiger partial charge in [0.1, 0.15) is 0 Å². The number of rotatable bonds is 4. The highest BCUT2D eigenvalue weighted by Gasteiger charge is 2.16. The minimum absolute atomic E-state index is 0.125. The summed E-state index contributed by atoms with van der Waals surface area (Å²) in [5, 5.41) is 0. The summed E-state index contributed by atoms with van der Waals surface area (Å²) in [5.41, 5.74) is 19.5. The molecule has 0 heterocycles. The molecule has 0 aromatic heterocycles. The van der Waals surface area contributed by atoms with Gasteiger partial charge in [0.2, 0.25) is 0 Å². The summed E-state index contributed by atoms with van der Waals surface area (Å²) in [7, 11) is 0. The van der Waals surface area contributed by atoms with Gasteiger partial charge in [-0.25, -0.2) is 0 Å². The Balaban J connectivity index is 0.000000168. The summed E-state index contributed by atoms with van der Waals surface area (Å²) in [6.45, 7) is 19.5. The van der Waals surface area contributed by atoms with Crippen molar-refractivity contribution in [2.45, 2.75) is 67.7 Å². The van der Waals surface area contributed by atoms with Gasteiger partial charge in [-0.2, -0.15) is 0 Å². The summed E-state index contributed by atoms with van der Waals surface area (Å²) in [5.74, 6) is 0. The van der Waals surface area contributed by atoms with Crippen molar-refractivity contribution in [1.29, 1.82) is 0 Å². The van der Waals surface area contributed by atoms with Gasteiger partial charge in [-0.15, -0.1) is 0 Å². The fraction of sp³-hybridized carbons (Fsp3) is 0.192. The topological polar surface area (TPSA) is 0 Å². The molecule has 52 heavy (non-hydrogen) atoms. The zero-order chi connectivity index (χ0) is 37.3. The first-order chi connectivity index (χ1) is 24.8. The standard InChI is InChI=1S/C24H26.C20H18.C8H10/c1-17-6-10-19(11-7-17)21-14-22(16-23(15-21)24(3,4)5)20-12-8-18(2)9-13-20;1-15-6-10-17(11-7-15)19-4-3-5-20(14-19)18-12-8-16(2)9-13-18;1-7-3-5-8(2)6-4-7/h6-16H,1-5H3;3-14H,1-2H3;3-6H,1-2H3. The second-order valence-electron chi connectivity index (χ2n) is 15.2. The van der Waals surface area contributed by atoms with Crippen LogP contribution in [0.1, 0.15) is 59.7 Å². The Morgan fingerprint density at radius 3 is 0.750 bits per heavy atom. The minimum Gasteiger partial charge on any atom is -0.0610 e. The predicted octanol–water partition coefficient (Wildman–Crippen LogP) is 14.9. The van der Waals surface area contributed by atoms with Gasteiger partial charge in [-0.1, -0.05) is 206 Å². The van der Waals surface area contributed by atoms with Crippen LogP contribution in [-0.4, -0.2) is 0 Å². The summed E-state index contributed by atoms with van der Waals surface area (Å²) in [6, 6.07) is 59.2. The highest BCUT2D eigenvalue weighted by Crippen LogP contribution is 2.34. The van der Waals surface area contributed by atoms with Crippen LogP contribution >= 0.6 is 0 Å². The number of aryl methyl sites for hydroxylation is 6. The molecule has 0 aliphatic rings. The lowest BCUT2D eigenvalue weighted by Gasteiger charge is -2.22. The molecule has 0 nitrogen and oxygen atoms in total. The molecule has 0 amide bonds. The van der Waals surface area contributed by atoms with E-state index in [-0.39, 0.29) is 5.41 Å². The summed E-state index contributed by atoms with van der Waals surface area (Å²) in [6.07, 6.45) is 0. The molecule has 0 atom stereocenters. The maximum atomic E-state index is 2.34. The van der Waals surface area contributed by atoms with Gasteiger partial charge in [-0.3, -0.25) is 0 Å². The lowest BCUT2D eigenvalue weighted by atomic mass is 9.83. The van der Waals surface area contributed by atoms with Crippen molar-refractivity contribution in [2.24, 2.45) is 0 Å². The van der Waals surface area contributed by atoms with E-state index in [0.717, 1.165) is 0 Å². The van der Waals surface area contributed by atoms with Crippen molar-refractivity contribution in [2.75, 3.05) is 0 Å². The molecule has 7 rings (SSSR count). The third kappa shape index (κ3) is 10.8. The van der Waals surface area contributed by atoms with E-state index in [2.05, 4.69) is 226 Å². The second-order valence-corrected chi connectivity index (χ2v) is 15.2. The van der Waals surface area contributed by atoms with Crippen molar-refractivity contribution in [1.82, 2.24) is 0 Å². The Morgan fingerprint density at radius 2 is 0.481 bits per heavy atom. The van der Waals surface area contributed by atoms with E-state index in [0.29, 0.717) is 0 Å². The van der Waals surface area contributed by atoms with Crippen LogP contribution in [0.25, 0.3) is 44.5 Å². The van der Waals surface area contributed by atoms with E-state index in [4.69, 9.17) is 0 Å². The van der Waals surface area contributed by atoms with E-state index in [9.17, 15) is 0 Å². The van der Waals surface area contributed by atoms with Gasteiger partial charge in [0, 0.05) is 0 Å². The van der Waals surface area contributed by atoms with E-state index in [1.165, 1.54) is 83.5 Å². The summed E-state index contributed by atoms with van der Waals surface area (Å²) >= 11 is 0. The summed E-state index contributed by atoms with van der Waals surface area (Å²) < 4.78 is 0. The van der Waals surface area contributed by atoms with Crippen LogP contribution in [0.4, 0.5) is 0 Å². The zero-order valence-electron chi connectivity index (χ0n) is 32.6. The minimum atomic E-state index is 0.125. The lowest BCUT2D eigenvalue weighted by Crippen LogP contribution is -2.11. The molecule has 7 aromatic carbocycles. The van der Waals surface area contributed by atoms with Crippen LogP contribution in [-0.2, 0) is 5.41 Å². The Bertz CT molecular complexity index is 2010. The smallest absolute Gasteiger partial charge is 0.0131 e. The fourth-order valence-electron chi connectivity index (χ4n) is 5.89. The Morgan fingerprint density at radius 1 is 0.250 bits per heavy atom. The Hall–Kier alpha value is -5.46. The van der Waals surface area contributed by atoms with Crippen LogP contribution in [0.5, 0.6) is 0 Å². The molecule has 0 spiro atoms. The summed E-state index contributed by atoms with van der Waals surface area (Å²) in [4.78, 5) is 0. The number of hydrogen-bond acceptors (Lipinski definition) is 0. The fourth-order valence-corrected chi connectivity index (χ4v) is 5.89. The molecule has 0 saturated carbocycles. The number of hydrogen-bond donors (Lipinski definition) is 0. The normalized spacial score (nSPS) is 10.8. The van der Waals surface area contributed by atoms with Gasteiger partial charge >= 0.3 is 0 Å². The molecule has 0 heteroatoms. The van der Waals surface area contributed by atoms with E-state index in [1.54, 1.807) is 0 Å². The molecular weight excluding hydrogens is 625 g/mol. The van der Waals surface area contributed by atoms with Crippen LogP contribution in [0.2, 0.25) is 0 Å². The predicted molar refractivity (Wildman–Crippen MR) is 228 cm³/mol. The average Bonchev–Trinajstić information content (AvgIpc) is 3.14. The molecule has 7 aromatic rings. The van der Waals surface area contributed by atoms with E-state index in [1.807, 2.05) is 0 Å².